The Balaban J connectivity index is 1.36. The summed E-state index contributed by atoms with van der Waals surface area (Å²) < 4.78 is 0. The summed E-state index contributed by atoms with van der Waals surface area (Å²) in [6.07, 6.45) is 0. The quantitative estimate of drug-likeness (QED) is 0.180. The summed E-state index contributed by atoms with van der Waals surface area (Å²) in [5.74, 6) is 0. The second-order valence-electron chi connectivity index (χ2n) is 13.3. The second kappa shape index (κ2) is 10.7. The topological polar surface area (TPSA) is 0 Å². The molecule has 0 aromatic heterocycles. The molecular weight excluding hydrogens is 612 g/mol. The fraction of sp³-hybridized carbons (Fsp3) is 0.0417. The molecule has 0 aliphatic heterocycles. The van der Waals surface area contributed by atoms with Crippen LogP contribution in [0.2, 0.25) is 5.02 Å². The van der Waals surface area contributed by atoms with Gasteiger partial charge in [-0.25, -0.2) is 0 Å². The zero-order chi connectivity index (χ0) is 32.6. The standard InChI is InChI=1S/C48H31Cl/c49-46-30-29-35(36-19-7-8-21-39(36)46)32-27-28-38-37-20-9-10-22-40(37)48(45(38)31-32)43-25-13-11-23-41(43)47(33-15-3-1-4-16-33,34-17-5-2-6-18-34)42-24-12-14-26-44(42)48/h1-31H. The molecule has 230 valence electrons. The van der Waals surface area contributed by atoms with Crippen LogP contribution in [0.1, 0.15) is 44.5 Å². The first kappa shape index (κ1) is 28.3. The van der Waals surface area contributed by atoms with Gasteiger partial charge < -0.3 is 0 Å². The molecule has 0 saturated carbocycles. The summed E-state index contributed by atoms with van der Waals surface area (Å²) in [7, 11) is 0. The Morgan fingerprint density at radius 2 is 0.755 bits per heavy atom. The van der Waals surface area contributed by atoms with Crippen molar-refractivity contribution in [2.24, 2.45) is 0 Å². The first-order chi connectivity index (χ1) is 24.2. The van der Waals surface area contributed by atoms with Crippen LogP contribution in [0, 0.1) is 0 Å². The fourth-order valence-electron chi connectivity index (χ4n) is 9.27. The summed E-state index contributed by atoms with van der Waals surface area (Å²) in [6.45, 7) is 0. The lowest BCUT2D eigenvalue weighted by molar-refractivity contribution is 0.624. The highest BCUT2D eigenvalue weighted by Gasteiger charge is 2.56. The maximum Gasteiger partial charge on any atom is 0.0720 e. The molecule has 8 aromatic carbocycles. The Morgan fingerprint density at radius 3 is 1.37 bits per heavy atom. The summed E-state index contributed by atoms with van der Waals surface area (Å²) in [4.78, 5) is 0. The molecule has 0 nitrogen and oxygen atoms in total. The van der Waals surface area contributed by atoms with Gasteiger partial charge in [-0.1, -0.05) is 188 Å². The van der Waals surface area contributed by atoms with Crippen LogP contribution in [0.4, 0.5) is 0 Å². The molecule has 0 atom stereocenters. The average Bonchev–Trinajstić information content (AvgIpc) is 3.46. The zero-order valence-electron chi connectivity index (χ0n) is 26.8. The van der Waals surface area contributed by atoms with Crippen LogP contribution < -0.4 is 0 Å². The van der Waals surface area contributed by atoms with E-state index in [1.54, 1.807) is 0 Å². The van der Waals surface area contributed by atoms with Gasteiger partial charge >= 0.3 is 0 Å². The van der Waals surface area contributed by atoms with Gasteiger partial charge in [0.15, 0.2) is 0 Å². The summed E-state index contributed by atoms with van der Waals surface area (Å²) >= 11 is 6.73. The van der Waals surface area contributed by atoms with E-state index >= 15 is 0 Å². The first-order valence-electron chi connectivity index (χ1n) is 17.0. The van der Waals surface area contributed by atoms with E-state index in [0.717, 1.165) is 15.8 Å². The number of halogens is 1. The molecule has 8 aromatic rings. The third-order valence-corrected chi connectivity index (χ3v) is 11.4. The van der Waals surface area contributed by atoms with Crippen LogP contribution in [-0.2, 0) is 10.8 Å². The molecule has 2 aliphatic rings. The van der Waals surface area contributed by atoms with Crippen LogP contribution in [0.3, 0.4) is 0 Å². The summed E-state index contributed by atoms with van der Waals surface area (Å²) in [5.41, 5.74) is 14.4. The average molecular weight is 643 g/mol. The Hall–Kier alpha value is -5.69. The van der Waals surface area contributed by atoms with Gasteiger partial charge in [0.25, 0.3) is 0 Å². The van der Waals surface area contributed by atoms with Gasteiger partial charge in [-0.05, 0) is 84.3 Å². The number of benzene rings is 8. The lowest BCUT2D eigenvalue weighted by Crippen LogP contribution is -2.44. The van der Waals surface area contributed by atoms with Crippen molar-refractivity contribution in [1.29, 1.82) is 0 Å². The molecule has 1 spiro atoms. The summed E-state index contributed by atoms with van der Waals surface area (Å²) in [6, 6.07) is 69.5. The Bertz CT molecular complexity index is 2470. The molecule has 2 aliphatic carbocycles. The van der Waals surface area contributed by atoms with Crippen LogP contribution in [-0.4, -0.2) is 0 Å². The number of fused-ring (bicyclic) bond motifs is 10. The minimum Gasteiger partial charge on any atom is -0.0837 e. The molecule has 1 heteroatoms. The van der Waals surface area contributed by atoms with E-state index in [2.05, 4.69) is 182 Å². The molecule has 0 saturated heterocycles. The third kappa shape index (κ3) is 3.70. The SMILES string of the molecule is Clc1ccc(-c2ccc3c(c2)C2(c4ccccc4-3)c3ccccc3C(c3ccccc3)(c3ccccc3)c3ccccc32)c2ccccc12. The first-order valence-corrected chi connectivity index (χ1v) is 17.3. The van der Waals surface area contributed by atoms with Crippen molar-refractivity contribution in [1.82, 2.24) is 0 Å². The predicted molar refractivity (Wildman–Crippen MR) is 204 cm³/mol. The van der Waals surface area contributed by atoms with Crippen LogP contribution in [0.15, 0.2) is 188 Å². The highest BCUT2D eigenvalue weighted by Crippen LogP contribution is 2.64. The number of hydrogen-bond donors (Lipinski definition) is 0. The molecule has 0 unspecified atom stereocenters. The lowest BCUT2D eigenvalue weighted by atomic mass is 9.51. The van der Waals surface area contributed by atoms with E-state index < -0.39 is 10.8 Å². The van der Waals surface area contributed by atoms with Crippen molar-refractivity contribution in [3.8, 4) is 22.3 Å². The highest BCUT2D eigenvalue weighted by atomic mass is 35.5. The van der Waals surface area contributed by atoms with Gasteiger partial charge in [0.2, 0.25) is 0 Å². The normalized spacial score (nSPS) is 14.6. The molecule has 10 rings (SSSR count). The minimum absolute atomic E-state index is 0.511. The number of hydrogen-bond acceptors (Lipinski definition) is 0. The Morgan fingerprint density at radius 1 is 0.306 bits per heavy atom. The van der Waals surface area contributed by atoms with Gasteiger partial charge in [-0.15, -0.1) is 0 Å². The smallest absolute Gasteiger partial charge is 0.0720 e. The molecule has 0 radical (unpaired) electrons. The largest absolute Gasteiger partial charge is 0.0837 e. The van der Waals surface area contributed by atoms with E-state index in [0.29, 0.717) is 0 Å². The van der Waals surface area contributed by atoms with Crippen LogP contribution >= 0.6 is 11.6 Å². The molecule has 49 heavy (non-hydrogen) atoms. The van der Waals surface area contributed by atoms with E-state index in [4.69, 9.17) is 11.6 Å². The van der Waals surface area contributed by atoms with Crippen molar-refractivity contribution < 1.29 is 0 Å². The Kier molecular flexibility index (Phi) is 6.16. The maximum atomic E-state index is 6.73. The third-order valence-electron chi connectivity index (χ3n) is 11.1. The van der Waals surface area contributed by atoms with Crippen LogP contribution in [0.25, 0.3) is 33.0 Å². The van der Waals surface area contributed by atoms with Gasteiger partial charge in [0.1, 0.15) is 0 Å². The lowest BCUT2D eigenvalue weighted by Gasteiger charge is -2.50. The van der Waals surface area contributed by atoms with Gasteiger partial charge in [0.05, 0.1) is 10.8 Å². The maximum absolute atomic E-state index is 6.73. The van der Waals surface area contributed by atoms with Gasteiger partial charge in [0, 0.05) is 10.4 Å². The molecular formula is C48H31Cl. The van der Waals surface area contributed by atoms with E-state index in [1.165, 1.54) is 66.8 Å². The van der Waals surface area contributed by atoms with Crippen molar-refractivity contribution in [3.05, 3.63) is 238 Å². The molecule has 0 amide bonds. The highest BCUT2D eigenvalue weighted by molar-refractivity contribution is 6.36. The molecule has 0 N–H and O–H groups in total. The number of rotatable bonds is 3. The second-order valence-corrected chi connectivity index (χ2v) is 13.7. The van der Waals surface area contributed by atoms with Crippen LogP contribution in [0.5, 0.6) is 0 Å². The van der Waals surface area contributed by atoms with Gasteiger partial charge in [-0.2, -0.15) is 0 Å². The van der Waals surface area contributed by atoms with Crippen molar-refractivity contribution in [2.75, 3.05) is 0 Å². The minimum atomic E-state index is -0.523. The van der Waals surface area contributed by atoms with E-state index in [9.17, 15) is 0 Å². The van der Waals surface area contributed by atoms with Gasteiger partial charge in [-0.3, -0.25) is 0 Å². The summed E-state index contributed by atoms with van der Waals surface area (Å²) in [5, 5.41) is 3.01. The monoisotopic (exact) mass is 642 g/mol. The fourth-order valence-corrected chi connectivity index (χ4v) is 9.50. The van der Waals surface area contributed by atoms with E-state index in [-0.39, 0.29) is 0 Å². The Labute approximate surface area is 291 Å². The molecule has 0 heterocycles. The van der Waals surface area contributed by atoms with Crippen molar-refractivity contribution in [3.63, 3.8) is 0 Å². The predicted octanol–water partition coefficient (Wildman–Crippen LogP) is 12.2. The molecule has 0 fully saturated rings. The van der Waals surface area contributed by atoms with Crippen molar-refractivity contribution >= 4 is 22.4 Å². The zero-order valence-corrected chi connectivity index (χ0v) is 27.5. The van der Waals surface area contributed by atoms with Crippen molar-refractivity contribution in [2.45, 2.75) is 10.8 Å². The molecule has 0 bridgehead atoms. The van der Waals surface area contributed by atoms with E-state index in [1.807, 2.05) is 6.07 Å².